The first-order valence-electron chi connectivity index (χ1n) is 14.3. The Labute approximate surface area is 238 Å². The number of piperazine rings is 1. The number of nitrogens with zero attached hydrogens (tertiary/aromatic N) is 2. The molecule has 10 heteroatoms. The molecular weight excluding hydrogens is 510 g/mol. The second kappa shape index (κ2) is 12.6. The lowest BCUT2D eigenvalue weighted by Gasteiger charge is -2.41. The van der Waals surface area contributed by atoms with E-state index in [1.165, 1.54) is 17.5 Å². The van der Waals surface area contributed by atoms with E-state index in [-0.39, 0.29) is 17.9 Å². The summed E-state index contributed by atoms with van der Waals surface area (Å²) in [6.45, 7) is 13.7. The molecule has 0 bridgehead atoms. The van der Waals surface area contributed by atoms with Crippen molar-refractivity contribution < 1.29 is 23.9 Å². The lowest BCUT2D eigenvalue weighted by atomic mass is 9.85. The summed E-state index contributed by atoms with van der Waals surface area (Å²) in [5.74, 6) is -1.01. The Bertz CT molecular complexity index is 1090. The molecule has 222 valence electrons. The van der Waals surface area contributed by atoms with Gasteiger partial charge in [-0.25, -0.2) is 4.79 Å². The van der Waals surface area contributed by atoms with Gasteiger partial charge in [0.1, 0.15) is 23.7 Å². The number of amides is 4. The van der Waals surface area contributed by atoms with E-state index in [4.69, 9.17) is 4.74 Å². The summed E-state index contributed by atoms with van der Waals surface area (Å²) in [7, 11) is 1.49. The first kappa shape index (κ1) is 31.4. The predicted molar refractivity (Wildman–Crippen MR) is 153 cm³/mol. The molecule has 1 saturated heterocycles. The van der Waals surface area contributed by atoms with Gasteiger partial charge in [0.2, 0.25) is 17.7 Å². The predicted octanol–water partition coefficient (Wildman–Crippen LogP) is 2.77. The third kappa shape index (κ3) is 7.74. The number of ether oxygens (including phenoxy) is 1. The molecule has 1 aliphatic carbocycles. The highest BCUT2D eigenvalue weighted by Crippen LogP contribution is 2.30. The second-order valence-electron chi connectivity index (χ2n) is 13.0. The number of fused-ring (bicyclic) bond motifs is 1. The molecule has 1 fully saturated rings. The summed E-state index contributed by atoms with van der Waals surface area (Å²) < 4.78 is 5.39. The van der Waals surface area contributed by atoms with Crippen LogP contribution in [-0.2, 0) is 25.5 Å². The average molecular weight is 558 g/mol. The normalized spacial score (nSPS) is 20.9. The Morgan fingerprint density at radius 3 is 2.42 bits per heavy atom. The van der Waals surface area contributed by atoms with Crippen molar-refractivity contribution in [2.75, 3.05) is 26.7 Å². The Balaban J connectivity index is 1.75. The first-order valence-corrected chi connectivity index (χ1v) is 14.3. The van der Waals surface area contributed by atoms with Crippen LogP contribution in [0.4, 0.5) is 4.79 Å². The highest BCUT2D eigenvalue weighted by molar-refractivity contribution is 5.94. The average Bonchev–Trinajstić information content (AvgIpc) is 2.88. The maximum Gasteiger partial charge on any atom is 0.410 e. The van der Waals surface area contributed by atoms with Gasteiger partial charge in [-0.05, 0) is 63.5 Å². The lowest BCUT2D eigenvalue weighted by Crippen LogP contribution is -2.65. The molecule has 3 N–H and O–H groups in total. The van der Waals surface area contributed by atoms with Crippen molar-refractivity contribution >= 4 is 23.8 Å². The zero-order chi connectivity index (χ0) is 29.8. The Hall–Kier alpha value is -3.14. The van der Waals surface area contributed by atoms with E-state index in [9.17, 15) is 19.2 Å². The van der Waals surface area contributed by atoms with Crippen LogP contribution in [0.2, 0.25) is 0 Å². The summed E-state index contributed by atoms with van der Waals surface area (Å²) >= 11 is 0. The molecule has 40 heavy (non-hydrogen) atoms. The van der Waals surface area contributed by atoms with Gasteiger partial charge in [0.25, 0.3) is 0 Å². The van der Waals surface area contributed by atoms with Crippen molar-refractivity contribution in [3.63, 3.8) is 0 Å². The number of aryl methyl sites for hydroxylation is 1. The standard InChI is InChI=1S/C30H47N5O5/c1-19(34(8)28(39)40-30(5,6)7)25(36)33-24(29(2,3)4)27(38)35-17-16-31-18-23(35)26(37)32-22-15-11-13-20-12-9-10-14-21(20)22/h9-10,12,14,19,22-24,31H,11,13,15-18H2,1-8H3,(H,32,37)(H,33,36)/t19-,22+,23-,24+/m0/s1. The number of benzene rings is 1. The fourth-order valence-electron chi connectivity index (χ4n) is 5.12. The molecular formula is C30H47N5O5. The molecule has 0 saturated carbocycles. The van der Waals surface area contributed by atoms with Crippen LogP contribution >= 0.6 is 0 Å². The summed E-state index contributed by atoms with van der Waals surface area (Å²) in [4.78, 5) is 56.2. The fourth-order valence-corrected chi connectivity index (χ4v) is 5.12. The minimum Gasteiger partial charge on any atom is -0.444 e. The van der Waals surface area contributed by atoms with Crippen LogP contribution in [0, 0.1) is 5.41 Å². The highest BCUT2D eigenvalue weighted by Gasteiger charge is 2.42. The lowest BCUT2D eigenvalue weighted by molar-refractivity contribution is -0.147. The van der Waals surface area contributed by atoms with Crippen LogP contribution in [0.3, 0.4) is 0 Å². The minimum absolute atomic E-state index is 0.0984. The van der Waals surface area contributed by atoms with Crippen LogP contribution in [0.15, 0.2) is 24.3 Å². The maximum atomic E-state index is 14.0. The second-order valence-corrected chi connectivity index (χ2v) is 13.0. The highest BCUT2D eigenvalue weighted by atomic mass is 16.6. The molecule has 0 radical (unpaired) electrons. The fraction of sp³-hybridized carbons (Fsp3) is 0.667. The number of hydrogen-bond acceptors (Lipinski definition) is 6. The molecule has 2 aliphatic rings. The van der Waals surface area contributed by atoms with Gasteiger partial charge in [-0.2, -0.15) is 0 Å². The van der Waals surface area contributed by atoms with Crippen LogP contribution in [-0.4, -0.2) is 84.0 Å². The molecule has 3 rings (SSSR count). The summed E-state index contributed by atoms with van der Waals surface area (Å²) in [5.41, 5.74) is 1.02. The summed E-state index contributed by atoms with van der Waals surface area (Å²) in [6.07, 6.45) is 2.20. The van der Waals surface area contributed by atoms with Crippen LogP contribution < -0.4 is 16.0 Å². The maximum absolute atomic E-state index is 14.0. The molecule has 4 amide bonds. The number of likely N-dealkylation sites (N-methyl/N-ethyl adjacent to an activating group) is 1. The van der Waals surface area contributed by atoms with Crippen molar-refractivity contribution in [3.8, 4) is 0 Å². The zero-order valence-corrected chi connectivity index (χ0v) is 25.3. The van der Waals surface area contributed by atoms with E-state index in [1.807, 2.05) is 32.9 Å². The Morgan fingerprint density at radius 1 is 1.10 bits per heavy atom. The van der Waals surface area contributed by atoms with Crippen molar-refractivity contribution in [2.45, 2.75) is 97.5 Å². The zero-order valence-electron chi connectivity index (χ0n) is 25.3. The molecule has 1 heterocycles. The van der Waals surface area contributed by atoms with Gasteiger partial charge in [0.05, 0.1) is 6.04 Å². The molecule has 0 unspecified atom stereocenters. The first-order chi connectivity index (χ1) is 18.6. The molecule has 0 spiro atoms. The Kier molecular flexibility index (Phi) is 9.87. The van der Waals surface area contributed by atoms with Gasteiger partial charge < -0.3 is 25.6 Å². The van der Waals surface area contributed by atoms with Crippen molar-refractivity contribution in [3.05, 3.63) is 35.4 Å². The van der Waals surface area contributed by atoms with Crippen LogP contribution in [0.5, 0.6) is 0 Å². The topological polar surface area (TPSA) is 120 Å². The van der Waals surface area contributed by atoms with E-state index >= 15 is 0 Å². The Morgan fingerprint density at radius 2 is 1.77 bits per heavy atom. The molecule has 1 aromatic carbocycles. The van der Waals surface area contributed by atoms with E-state index in [0.29, 0.717) is 19.6 Å². The largest absolute Gasteiger partial charge is 0.444 e. The minimum atomic E-state index is -0.904. The summed E-state index contributed by atoms with van der Waals surface area (Å²) in [6, 6.07) is 5.57. The van der Waals surface area contributed by atoms with E-state index < -0.39 is 41.1 Å². The third-order valence-corrected chi connectivity index (χ3v) is 7.56. The van der Waals surface area contributed by atoms with Gasteiger partial charge in [0, 0.05) is 26.7 Å². The summed E-state index contributed by atoms with van der Waals surface area (Å²) in [5, 5.41) is 9.31. The van der Waals surface area contributed by atoms with Gasteiger partial charge >= 0.3 is 6.09 Å². The number of carbonyl (C=O) groups is 4. The van der Waals surface area contributed by atoms with Crippen LogP contribution in [0.25, 0.3) is 0 Å². The van der Waals surface area contributed by atoms with Crippen LogP contribution in [0.1, 0.15) is 78.5 Å². The van der Waals surface area contributed by atoms with E-state index in [1.54, 1.807) is 32.6 Å². The van der Waals surface area contributed by atoms with Crippen molar-refractivity contribution in [1.82, 2.24) is 25.8 Å². The molecule has 4 atom stereocenters. The third-order valence-electron chi connectivity index (χ3n) is 7.56. The molecule has 10 nitrogen and oxygen atoms in total. The van der Waals surface area contributed by atoms with Crippen molar-refractivity contribution in [1.29, 1.82) is 0 Å². The SMILES string of the molecule is C[C@@H](C(=O)N[C@H](C(=O)N1CCNC[C@H]1C(=O)N[C@@H]1CCCc2ccccc21)C(C)(C)C)N(C)C(=O)OC(C)(C)C. The molecule has 0 aromatic heterocycles. The number of hydrogen-bond donors (Lipinski definition) is 3. The number of rotatable bonds is 6. The smallest absolute Gasteiger partial charge is 0.410 e. The van der Waals surface area contributed by atoms with E-state index in [0.717, 1.165) is 24.8 Å². The molecule has 1 aromatic rings. The van der Waals surface area contributed by atoms with Crippen molar-refractivity contribution in [2.24, 2.45) is 5.41 Å². The van der Waals surface area contributed by atoms with Gasteiger partial charge in [0.15, 0.2) is 0 Å². The van der Waals surface area contributed by atoms with E-state index in [2.05, 4.69) is 28.1 Å². The monoisotopic (exact) mass is 557 g/mol. The molecule has 1 aliphatic heterocycles. The van der Waals surface area contributed by atoms with Gasteiger partial charge in [-0.1, -0.05) is 45.0 Å². The number of carbonyl (C=O) groups excluding carboxylic acids is 4. The quantitative estimate of drug-likeness (QED) is 0.495. The van der Waals surface area contributed by atoms with Gasteiger partial charge in [-0.3, -0.25) is 19.3 Å². The number of nitrogens with one attached hydrogen (secondary N) is 3. The van der Waals surface area contributed by atoms with Gasteiger partial charge in [-0.15, -0.1) is 0 Å².